The predicted octanol–water partition coefficient (Wildman–Crippen LogP) is 8.86. The van der Waals surface area contributed by atoms with Gasteiger partial charge in [0.1, 0.15) is 0 Å². The van der Waals surface area contributed by atoms with Crippen molar-refractivity contribution in [2.24, 2.45) is 0 Å². The van der Waals surface area contributed by atoms with E-state index in [0.29, 0.717) is 16.7 Å². The quantitative estimate of drug-likeness (QED) is 0.315. The largest absolute Gasteiger partial charge is 0.233 e. The van der Waals surface area contributed by atoms with Crippen molar-refractivity contribution in [3.05, 3.63) is 89.0 Å². The molecule has 3 rings (SSSR count). The summed E-state index contributed by atoms with van der Waals surface area (Å²) in [6, 6.07) is 11.2. The number of hydrogen-bond acceptors (Lipinski definition) is 0. The van der Waals surface area contributed by atoms with E-state index in [-0.39, 0.29) is 6.42 Å². The highest BCUT2D eigenvalue weighted by Crippen LogP contribution is 2.45. The van der Waals surface area contributed by atoms with E-state index in [4.69, 9.17) is 0 Å². The lowest BCUT2D eigenvalue weighted by atomic mass is 9.78. The van der Waals surface area contributed by atoms with E-state index in [0.717, 1.165) is 25.0 Å². The lowest BCUT2D eigenvalue weighted by Crippen LogP contribution is -2.23. The zero-order chi connectivity index (χ0) is 22.1. The Bertz CT molecular complexity index is 895. The number of halogens is 3. The SMILES string of the molecule is CCCCCCCCCCc1ccc(C2(F)CC=CC=C2c2ccc(F)c(F)c2)cc1. The Morgan fingerprint density at radius 3 is 2.16 bits per heavy atom. The van der Waals surface area contributed by atoms with E-state index < -0.39 is 17.3 Å². The van der Waals surface area contributed by atoms with Crippen molar-refractivity contribution in [1.82, 2.24) is 0 Å². The zero-order valence-electron chi connectivity index (χ0n) is 18.5. The average molecular weight is 427 g/mol. The summed E-state index contributed by atoms with van der Waals surface area (Å²) in [6.07, 6.45) is 16.7. The topological polar surface area (TPSA) is 0 Å². The van der Waals surface area contributed by atoms with Gasteiger partial charge in [0.2, 0.25) is 0 Å². The molecule has 2 aromatic rings. The fourth-order valence-corrected chi connectivity index (χ4v) is 4.30. The highest BCUT2D eigenvalue weighted by molar-refractivity contribution is 5.76. The molecule has 0 heterocycles. The van der Waals surface area contributed by atoms with Gasteiger partial charge in [-0.3, -0.25) is 0 Å². The summed E-state index contributed by atoms with van der Waals surface area (Å²) < 4.78 is 43.3. The van der Waals surface area contributed by atoms with Crippen molar-refractivity contribution >= 4 is 5.57 Å². The van der Waals surface area contributed by atoms with Gasteiger partial charge in [0.05, 0.1) is 0 Å². The normalized spacial score (nSPS) is 18.3. The highest BCUT2D eigenvalue weighted by Gasteiger charge is 2.37. The number of unbranched alkanes of at least 4 members (excludes halogenated alkanes) is 7. The predicted molar refractivity (Wildman–Crippen MR) is 124 cm³/mol. The molecule has 0 bridgehead atoms. The molecule has 0 aromatic heterocycles. The summed E-state index contributed by atoms with van der Waals surface area (Å²) in [5.41, 5.74) is 0.741. The van der Waals surface area contributed by atoms with Gasteiger partial charge in [0, 0.05) is 12.0 Å². The summed E-state index contributed by atoms with van der Waals surface area (Å²) in [7, 11) is 0. The van der Waals surface area contributed by atoms with Crippen molar-refractivity contribution in [3.63, 3.8) is 0 Å². The van der Waals surface area contributed by atoms with Gasteiger partial charge in [0.25, 0.3) is 0 Å². The van der Waals surface area contributed by atoms with Gasteiger partial charge in [0.15, 0.2) is 17.3 Å². The average Bonchev–Trinajstić information content (AvgIpc) is 2.78. The van der Waals surface area contributed by atoms with Gasteiger partial charge in [-0.2, -0.15) is 0 Å². The van der Waals surface area contributed by atoms with Crippen LogP contribution in [0.3, 0.4) is 0 Å². The number of alkyl halides is 1. The Morgan fingerprint density at radius 1 is 0.806 bits per heavy atom. The molecule has 2 aromatic carbocycles. The van der Waals surface area contributed by atoms with Gasteiger partial charge in [-0.05, 0) is 41.7 Å². The van der Waals surface area contributed by atoms with Crippen LogP contribution in [0, 0.1) is 11.6 Å². The van der Waals surface area contributed by atoms with Gasteiger partial charge < -0.3 is 0 Å². The van der Waals surface area contributed by atoms with E-state index in [2.05, 4.69) is 6.92 Å². The Balaban J connectivity index is 1.60. The Hall–Kier alpha value is -2.29. The number of allylic oxidation sites excluding steroid dienone is 4. The smallest absolute Gasteiger partial charge is 0.165 e. The molecule has 0 radical (unpaired) electrons. The lowest BCUT2D eigenvalue weighted by Gasteiger charge is -2.30. The molecule has 0 nitrogen and oxygen atoms in total. The van der Waals surface area contributed by atoms with Crippen LogP contribution in [0.4, 0.5) is 13.2 Å². The fraction of sp³-hybridized carbons (Fsp3) is 0.429. The molecule has 0 saturated heterocycles. The third-order valence-corrected chi connectivity index (χ3v) is 6.19. The molecule has 0 N–H and O–H groups in total. The maximum atomic E-state index is 16.2. The summed E-state index contributed by atoms with van der Waals surface area (Å²) in [5, 5.41) is 0. The maximum absolute atomic E-state index is 16.2. The van der Waals surface area contributed by atoms with E-state index >= 15 is 4.39 Å². The van der Waals surface area contributed by atoms with Crippen LogP contribution in [0.5, 0.6) is 0 Å². The molecule has 166 valence electrons. The van der Waals surface area contributed by atoms with Crippen molar-refractivity contribution in [2.75, 3.05) is 0 Å². The van der Waals surface area contributed by atoms with Crippen LogP contribution in [-0.4, -0.2) is 0 Å². The molecule has 0 aliphatic heterocycles. The molecular weight excluding hydrogens is 393 g/mol. The molecular formula is C28H33F3. The molecule has 1 aliphatic rings. The van der Waals surface area contributed by atoms with E-state index in [1.165, 1.54) is 56.6 Å². The van der Waals surface area contributed by atoms with E-state index in [1.807, 2.05) is 24.3 Å². The summed E-state index contributed by atoms with van der Waals surface area (Å²) in [6.45, 7) is 2.24. The minimum Gasteiger partial charge on any atom is -0.233 e. The first kappa shape index (κ1) is 23.4. The third kappa shape index (κ3) is 6.12. The molecule has 0 fully saturated rings. The van der Waals surface area contributed by atoms with Gasteiger partial charge in [-0.25, -0.2) is 13.2 Å². The molecule has 1 unspecified atom stereocenters. The Kier molecular flexibility index (Phi) is 8.57. The highest BCUT2D eigenvalue weighted by atomic mass is 19.2. The van der Waals surface area contributed by atoms with Crippen molar-refractivity contribution < 1.29 is 13.2 Å². The lowest BCUT2D eigenvalue weighted by molar-refractivity contribution is 0.249. The Morgan fingerprint density at radius 2 is 1.48 bits per heavy atom. The van der Waals surface area contributed by atoms with Crippen LogP contribution in [0.1, 0.15) is 81.4 Å². The van der Waals surface area contributed by atoms with Gasteiger partial charge in [-0.1, -0.05) is 100 Å². The minimum atomic E-state index is -1.75. The van der Waals surface area contributed by atoms with Crippen molar-refractivity contribution in [3.8, 4) is 0 Å². The van der Waals surface area contributed by atoms with E-state index in [1.54, 1.807) is 18.2 Å². The van der Waals surface area contributed by atoms with Crippen molar-refractivity contribution in [2.45, 2.75) is 76.8 Å². The second-order valence-electron chi connectivity index (χ2n) is 8.56. The van der Waals surface area contributed by atoms with Gasteiger partial charge >= 0.3 is 0 Å². The minimum absolute atomic E-state index is 0.176. The van der Waals surface area contributed by atoms with Crippen LogP contribution in [-0.2, 0) is 12.1 Å². The molecule has 0 spiro atoms. The van der Waals surface area contributed by atoms with Crippen LogP contribution < -0.4 is 0 Å². The Labute approximate surface area is 184 Å². The zero-order valence-corrected chi connectivity index (χ0v) is 18.5. The maximum Gasteiger partial charge on any atom is 0.165 e. The first-order valence-electron chi connectivity index (χ1n) is 11.7. The van der Waals surface area contributed by atoms with Crippen LogP contribution in [0.2, 0.25) is 0 Å². The van der Waals surface area contributed by atoms with Crippen LogP contribution in [0.15, 0.2) is 60.7 Å². The van der Waals surface area contributed by atoms with Crippen LogP contribution >= 0.6 is 0 Å². The monoisotopic (exact) mass is 426 g/mol. The van der Waals surface area contributed by atoms with E-state index in [9.17, 15) is 8.78 Å². The summed E-state index contributed by atoms with van der Waals surface area (Å²) >= 11 is 0. The van der Waals surface area contributed by atoms with Gasteiger partial charge in [-0.15, -0.1) is 0 Å². The number of hydrogen-bond donors (Lipinski definition) is 0. The standard InChI is InChI=1S/C28H33F3/c1-2-3-4-5-6-7-8-9-12-22-14-17-24(18-15-22)28(31)20-11-10-13-25(28)23-16-19-26(29)27(30)21-23/h10-11,13-19,21H,2-9,12,20H2,1H3. The molecule has 31 heavy (non-hydrogen) atoms. The number of rotatable bonds is 11. The molecule has 1 aliphatic carbocycles. The van der Waals surface area contributed by atoms with Crippen LogP contribution in [0.25, 0.3) is 5.57 Å². The molecule has 3 heteroatoms. The molecule has 0 saturated carbocycles. The first-order valence-corrected chi connectivity index (χ1v) is 11.7. The number of benzene rings is 2. The second-order valence-corrected chi connectivity index (χ2v) is 8.56. The third-order valence-electron chi connectivity index (χ3n) is 6.19. The first-order chi connectivity index (χ1) is 15.0. The van der Waals surface area contributed by atoms with Crippen molar-refractivity contribution in [1.29, 1.82) is 0 Å². The fourth-order valence-electron chi connectivity index (χ4n) is 4.30. The molecule has 0 amide bonds. The molecule has 1 atom stereocenters. The summed E-state index contributed by atoms with van der Waals surface area (Å²) in [5.74, 6) is -1.89. The summed E-state index contributed by atoms with van der Waals surface area (Å²) in [4.78, 5) is 0. The number of aryl methyl sites for hydroxylation is 1. The second kappa shape index (κ2) is 11.4.